The van der Waals surface area contributed by atoms with E-state index in [2.05, 4.69) is 9.97 Å². The average Bonchev–Trinajstić information content (AvgIpc) is 2.30. The predicted molar refractivity (Wildman–Crippen MR) is 67.7 cm³/mol. The zero-order chi connectivity index (χ0) is 13.1. The fourth-order valence-corrected chi connectivity index (χ4v) is 1.63. The maximum Gasteiger partial charge on any atom is 0.225 e. The largest absolute Gasteiger partial charge is 0.437 e. The molecular weight excluding hydrogens is 275 g/mol. The van der Waals surface area contributed by atoms with Crippen LogP contribution in [0.15, 0.2) is 24.3 Å². The number of ether oxygens (including phenoxy) is 1. The lowest BCUT2D eigenvalue weighted by Crippen LogP contribution is -1.97. The lowest BCUT2D eigenvalue weighted by atomic mass is 10.2. The highest BCUT2D eigenvalue weighted by molar-refractivity contribution is 6.32. The van der Waals surface area contributed by atoms with Gasteiger partial charge in [0.05, 0.1) is 16.7 Å². The number of nitriles is 1. The Kier molecular flexibility index (Phi) is 3.51. The van der Waals surface area contributed by atoms with Gasteiger partial charge in [-0.1, -0.05) is 23.2 Å². The molecule has 1 aromatic carbocycles. The molecule has 0 saturated heterocycles. The van der Waals surface area contributed by atoms with Crippen molar-refractivity contribution in [2.45, 2.75) is 0 Å². The first-order valence-corrected chi connectivity index (χ1v) is 5.51. The van der Waals surface area contributed by atoms with Crippen LogP contribution in [-0.2, 0) is 0 Å². The summed E-state index contributed by atoms with van der Waals surface area (Å²) in [5, 5.41) is 9.17. The maximum atomic E-state index is 8.71. The number of aromatic nitrogens is 2. The molecule has 1 aromatic heterocycles. The molecule has 0 aliphatic carbocycles. The van der Waals surface area contributed by atoms with Gasteiger partial charge in [0.1, 0.15) is 10.9 Å². The Balaban J connectivity index is 2.31. The van der Waals surface area contributed by atoms with Gasteiger partial charge in [0.15, 0.2) is 0 Å². The van der Waals surface area contributed by atoms with Gasteiger partial charge >= 0.3 is 0 Å². The van der Waals surface area contributed by atoms with Crippen molar-refractivity contribution in [1.29, 1.82) is 5.26 Å². The number of nitrogens with two attached hydrogens (primary N) is 1. The maximum absolute atomic E-state index is 8.71. The first kappa shape index (κ1) is 12.4. The summed E-state index contributed by atoms with van der Waals surface area (Å²) >= 11 is 11.7. The number of nitrogens with zero attached hydrogens (tertiary/aromatic N) is 3. The molecule has 2 rings (SSSR count). The first-order chi connectivity index (χ1) is 8.58. The van der Waals surface area contributed by atoms with Crippen LogP contribution in [0.25, 0.3) is 0 Å². The average molecular weight is 281 g/mol. The lowest BCUT2D eigenvalue weighted by Gasteiger charge is -2.07. The summed E-state index contributed by atoms with van der Waals surface area (Å²) in [6.45, 7) is 0. The van der Waals surface area contributed by atoms with E-state index >= 15 is 0 Å². The molecule has 0 aliphatic rings. The number of rotatable bonds is 2. The monoisotopic (exact) mass is 280 g/mol. The number of hydrogen-bond donors (Lipinski definition) is 1. The molecule has 2 N–H and O–H groups in total. The van der Waals surface area contributed by atoms with E-state index in [0.29, 0.717) is 16.3 Å². The molecule has 0 radical (unpaired) electrons. The second-order valence-corrected chi connectivity index (χ2v) is 4.04. The standard InChI is InChI=1S/C11H6Cl2N4O/c12-7-3-6(5-14)1-2-8(7)18-10-4-9(13)16-11(15)17-10/h1-4H,(H2,15,16,17). The summed E-state index contributed by atoms with van der Waals surface area (Å²) in [6, 6.07) is 8.01. The molecule has 0 amide bonds. The summed E-state index contributed by atoms with van der Waals surface area (Å²) in [5.74, 6) is 0.534. The third kappa shape index (κ3) is 2.80. The molecule has 0 aliphatic heterocycles. The van der Waals surface area contributed by atoms with Crippen molar-refractivity contribution in [3.8, 4) is 17.7 Å². The molecule has 7 heteroatoms. The number of benzene rings is 1. The second kappa shape index (κ2) is 5.08. The summed E-state index contributed by atoms with van der Waals surface area (Å²) in [7, 11) is 0. The third-order valence-electron chi connectivity index (χ3n) is 1.96. The van der Waals surface area contributed by atoms with Gasteiger partial charge in [-0.3, -0.25) is 0 Å². The van der Waals surface area contributed by atoms with Crippen LogP contribution in [0.2, 0.25) is 10.2 Å². The molecule has 5 nitrogen and oxygen atoms in total. The van der Waals surface area contributed by atoms with E-state index in [-0.39, 0.29) is 17.0 Å². The molecular formula is C11H6Cl2N4O. The van der Waals surface area contributed by atoms with Crippen molar-refractivity contribution in [3.05, 3.63) is 40.0 Å². The zero-order valence-electron chi connectivity index (χ0n) is 8.89. The summed E-state index contributed by atoms with van der Waals surface area (Å²) in [5.41, 5.74) is 5.87. The van der Waals surface area contributed by atoms with Gasteiger partial charge in [0.25, 0.3) is 0 Å². The second-order valence-electron chi connectivity index (χ2n) is 3.25. The zero-order valence-corrected chi connectivity index (χ0v) is 10.4. The Morgan fingerprint density at radius 3 is 2.61 bits per heavy atom. The summed E-state index contributed by atoms with van der Waals surface area (Å²) in [6.07, 6.45) is 0. The van der Waals surface area contributed by atoms with Gasteiger partial charge in [0, 0.05) is 6.07 Å². The van der Waals surface area contributed by atoms with E-state index < -0.39 is 0 Å². The van der Waals surface area contributed by atoms with Crippen molar-refractivity contribution in [2.24, 2.45) is 0 Å². The van der Waals surface area contributed by atoms with Gasteiger partial charge in [-0.25, -0.2) is 4.98 Å². The Morgan fingerprint density at radius 2 is 2.00 bits per heavy atom. The minimum atomic E-state index is 0.00210. The van der Waals surface area contributed by atoms with E-state index in [4.69, 9.17) is 38.9 Å². The fraction of sp³-hybridized carbons (Fsp3) is 0. The van der Waals surface area contributed by atoms with Crippen molar-refractivity contribution < 1.29 is 4.74 Å². The van der Waals surface area contributed by atoms with Crippen LogP contribution < -0.4 is 10.5 Å². The number of anilines is 1. The molecule has 18 heavy (non-hydrogen) atoms. The van der Waals surface area contributed by atoms with Crippen LogP contribution in [0.4, 0.5) is 5.95 Å². The molecule has 0 spiro atoms. The molecule has 2 aromatic rings. The smallest absolute Gasteiger partial charge is 0.225 e. The predicted octanol–water partition coefficient (Wildman–Crippen LogP) is 3.03. The van der Waals surface area contributed by atoms with E-state index in [1.54, 1.807) is 12.1 Å². The molecule has 90 valence electrons. The molecule has 0 atom stereocenters. The van der Waals surface area contributed by atoms with Crippen molar-refractivity contribution in [2.75, 3.05) is 5.73 Å². The summed E-state index contributed by atoms with van der Waals surface area (Å²) in [4.78, 5) is 7.55. The molecule has 0 saturated carbocycles. The number of nitrogen functional groups attached to an aromatic ring is 1. The van der Waals surface area contributed by atoms with Crippen LogP contribution in [0.3, 0.4) is 0 Å². The highest BCUT2D eigenvalue weighted by Crippen LogP contribution is 2.30. The Bertz CT molecular complexity index is 619. The molecule has 0 unspecified atom stereocenters. The van der Waals surface area contributed by atoms with E-state index in [1.807, 2.05) is 6.07 Å². The van der Waals surface area contributed by atoms with Crippen LogP contribution in [0.5, 0.6) is 11.6 Å². The van der Waals surface area contributed by atoms with Crippen LogP contribution in [0, 0.1) is 11.3 Å². The van der Waals surface area contributed by atoms with Gasteiger partial charge in [-0.05, 0) is 18.2 Å². The van der Waals surface area contributed by atoms with Gasteiger partial charge in [-0.2, -0.15) is 10.2 Å². The highest BCUT2D eigenvalue weighted by atomic mass is 35.5. The third-order valence-corrected chi connectivity index (χ3v) is 2.45. The Hall–Kier alpha value is -2.03. The number of halogens is 2. The van der Waals surface area contributed by atoms with E-state index in [1.165, 1.54) is 12.1 Å². The highest BCUT2D eigenvalue weighted by Gasteiger charge is 2.07. The first-order valence-electron chi connectivity index (χ1n) is 4.76. The van der Waals surface area contributed by atoms with Crippen LogP contribution >= 0.6 is 23.2 Å². The minimum absolute atomic E-state index is 0.00210. The van der Waals surface area contributed by atoms with Crippen molar-refractivity contribution in [3.63, 3.8) is 0 Å². The van der Waals surface area contributed by atoms with Crippen molar-refractivity contribution >= 4 is 29.2 Å². The Morgan fingerprint density at radius 1 is 1.22 bits per heavy atom. The quantitative estimate of drug-likeness (QED) is 0.855. The summed E-state index contributed by atoms with van der Waals surface area (Å²) < 4.78 is 5.41. The van der Waals surface area contributed by atoms with Crippen LogP contribution in [0.1, 0.15) is 5.56 Å². The van der Waals surface area contributed by atoms with Gasteiger partial charge < -0.3 is 10.5 Å². The molecule has 0 fully saturated rings. The number of hydrogen-bond acceptors (Lipinski definition) is 5. The molecule has 0 bridgehead atoms. The molecule has 1 heterocycles. The lowest BCUT2D eigenvalue weighted by molar-refractivity contribution is 0.463. The van der Waals surface area contributed by atoms with E-state index in [9.17, 15) is 0 Å². The topological polar surface area (TPSA) is 84.8 Å². The SMILES string of the molecule is N#Cc1ccc(Oc2cc(Cl)nc(N)n2)c(Cl)c1. The minimum Gasteiger partial charge on any atom is -0.437 e. The van der Waals surface area contributed by atoms with Crippen LogP contribution in [-0.4, -0.2) is 9.97 Å². The fourth-order valence-electron chi connectivity index (χ4n) is 1.23. The normalized spacial score (nSPS) is 9.83. The van der Waals surface area contributed by atoms with E-state index in [0.717, 1.165) is 0 Å². The van der Waals surface area contributed by atoms with Crippen molar-refractivity contribution in [1.82, 2.24) is 9.97 Å². The Labute approximate surface area is 113 Å². The van der Waals surface area contributed by atoms with Gasteiger partial charge in [0.2, 0.25) is 11.8 Å². The van der Waals surface area contributed by atoms with Gasteiger partial charge in [-0.15, -0.1) is 0 Å².